The van der Waals surface area contributed by atoms with Crippen molar-refractivity contribution in [3.63, 3.8) is 0 Å². The number of carbonyl (C=O) groups excluding carboxylic acids is 1. The van der Waals surface area contributed by atoms with Crippen molar-refractivity contribution >= 4 is 29.0 Å². The topological polar surface area (TPSA) is 59.4 Å². The fraction of sp³-hybridized carbons (Fsp3) is 0.346. The normalized spacial score (nSPS) is 14.5. The van der Waals surface area contributed by atoms with E-state index in [0.717, 1.165) is 24.7 Å². The zero-order valence-electron chi connectivity index (χ0n) is 19.8. The fourth-order valence-corrected chi connectivity index (χ4v) is 4.71. The highest BCUT2D eigenvalue weighted by Crippen LogP contribution is 2.33. The number of alkyl halides is 3. The molecule has 0 unspecified atom stereocenters. The number of ether oxygens (including phenoxy) is 1. The maximum atomic E-state index is 13.4. The molecule has 1 saturated heterocycles. The standard InChI is InChI=1S/C26H27F3N4O2S/c1-2-35-24(34)19-7-5-8-21(16-19)31-25(36)32-13-10-18(11-14-32)23-30-12-15-33(23)17-20-6-3-4-9-22(20)26(27,28)29/h3-9,12,15-16,18H,2,10-11,13-14,17H2,1H3,(H,31,36). The highest BCUT2D eigenvalue weighted by molar-refractivity contribution is 7.80. The molecule has 1 aliphatic rings. The van der Waals surface area contributed by atoms with Crippen LogP contribution in [0.25, 0.3) is 0 Å². The van der Waals surface area contributed by atoms with Gasteiger partial charge in [0.25, 0.3) is 0 Å². The van der Waals surface area contributed by atoms with Crippen molar-refractivity contribution in [2.45, 2.75) is 38.4 Å². The summed E-state index contributed by atoms with van der Waals surface area (Å²) in [5.74, 6) is 0.512. The summed E-state index contributed by atoms with van der Waals surface area (Å²) in [6.07, 6.45) is 0.505. The summed E-state index contributed by atoms with van der Waals surface area (Å²) < 4.78 is 47.2. The number of thiocarbonyl (C=S) groups is 1. The van der Waals surface area contributed by atoms with Gasteiger partial charge in [-0.25, -0.2) is 9.78 Å². The molecule has 0 bridgehead atoms. The molecule has 0 spiro atoms. The molecule has 190 valence electrons. The first-order valence-corrected chi connectivity index (χ1v) is 12.2. The van der Waals surface area contributed by atoms with Gasteiger partial charge in [0.1, 0.15) is 5.82 Å². The van der Waals surface area contributed by atoms with Gasteiger partial charge in [-0.15, -0.1) is 0 Å². The van der Waals surface area contributed by atoms with E-state index >= 15 is 0 Å². The van der Waals surface area contributed by atoms with Crippen LogP contribution < -0.4 is 5.32 Å². The van der Waals surface area contributed by atoms with Gasteiger partial charge < -0.3 is 19.5 Å². The highest BCUT2D eigenvalue weighted by Gasteiger charge is 2.33. The molecule has 0 saturated carbocycles. The van der Waals surface area contributed by atoms with Crippen LogP contribution in [-0.2, 0) is 17.5 Å². The zero-order valence-corrected chi connectivity index (χ0v) is 20.6. The number of esters is 1. The number of imidazole rings is 1. The minimum atomic E-state index is -4.40. The summed E-state index contributed by atoms with van der Waals surface area (Å²) in [4.78, 5) is 18.5. The van der Waals surface area contributed by atoms with Gasteiger partial charge in [-0.3, -0.25) is 0 Å². The van der Waals surface area contributed by atoms with Gasteiger partial charge in [-0.1, -0.05) is 24.3 Å². The van der Waals surface area contributed by atoms with Crippen molar-refractivity contribution in [1.82, 2.24) is 14.5 Å². The van der Waals surface area contributed by atoms with Crippen molar-refractivity contribution < 1.29 is 22.7 Å². The number of aromatic nitrogens is 2. The van der Waals surface area contributed by atoms with Gasteiger partial charge >= 0.3 is 12.1 Å². The van der Waals surface area contributed by atoms with E-state index in [9.17, 15) is 18.0 Å². The molecule has 6 nitrogen and oxygen atoms in total. The fourth-order valence-electron chi connectivity index (χ4n) is 4.41. The number of hydrogen-bond acceptors (Lipinski definition) is 4. The average molecular weight is 517 g/mol. The summed E-state index contributed by atoms with van der Waals surface area (Å²) in [5.41, 5.74) is 0.744. The van der Waals surface area contributed by atoms with Gasteiger partial charge in [0, 0.05) is 43.6 Å². The summed E-state index contributed by atoms with van der Waals surface area (Å²) in [7, 11) is 0. The molecule has 4 rings (SSSR count). The SMILES string of the molecule is CCOC(=O)c1cccc(NC(=S)N2CCC(c3nccn3Cc3ccccc3C(F)(F)F)CC2)c1. The quantitative estimate of drug-likeness (QED) is 0.335. The van der Waals surface area contributed by atoms with Crippen LogP contribution in [0.1, 0.15) is 53.0 Å². The average Bonchev–Trinajstić information content (AvgIpc) is 3.32. The monoisotopic (exact) mass is 516 g/mol. The second kappa shape index (κ2) is 11.1. The molecule has 10 heteroatoms. The second-order valence-electron chi connectivity index (χ2n) is 8.56. The molecule has 0 atom stereocenters. The molecule has 0 amide bonds. The molecule has 2 heterocycles. The van der Waals surface area contributed by atoms with E-state index < -0.39 is 11.7 Å². The third-order valence-corrected chi connectivity index (χ3v) is 6.54. The lowest BCUT2D eigenvalue weighted by atomic mass is 9.96. The highest BCUT2D eigenvalue weighted by atomic mass is 32.1. The number of piperidine rings is 1. The lowest BCUT2D eigenvalue weighted by Crippen LogP contribution is -2.40. The van der Waals surface area contributed by atoms with Gasteiger partial charge in [-0.2, -0.15) is 13.2 Å². The zero-order chi connectivity index (χ0) is 25.7. The van der Waals surface area contributed by atoms with Crippen LogP contribution >= 0.6 is 12.2 Å². The van der Waals surface area contributed by atoms with Crippen LogP contribution in [0.15, 0.2) is 60.9 Å². The largest absolute Gasteiger partial charge is 0.462 e. The van der Waals surface area contributed by atoms with Crippen LogP contribution in [0.5, 0.6) is 0 Å². The number of likely N-dealkylation sites (tertiary alicyclic amines) is 1. The maximum Gasteiger partial charge on any atom is 0.416 e. The summed E-state index contributed by atoms with van der Waals surface area (Å²) in [6, 6.07) is 12.6. The lowest BCUT2D eigenvalue weighted by Gasteiger charge is -2.34. The van der Waals surface area contributed by atoms with Crippen molar-refractivity contribution in [3.05, 3.63) is 83.4 Å². The number of benzene rings is 2. The van der Waals surface area contributed by atoms with Crippen LogP contribution in [0.3, 0.4) is 0 Å². The minimum Gasteiger partial charge on any atom is -0.462 e. The van der Waals surface area contributed by atoms with Gasteiger partial charge in [0.05, 0.1) is 17.7 Å². The molecule has 1 aliphatic heterocycles. The first kappa shape index (κ1) is 25.7. The molecule has 1 fully saturated rings. The summed E-state index contributed by atoms with van der Waals surface area (Å²) in [6.45, 7) is 3.53. The second-order valence-corrected chi connectivity index (χ2v) is 8.95. The Morgan fingerprint density at radius 2 is 1.92 bits per heavy atom. The van der Waals surface area contributed by atoms with E-state index in [1.807, 2.05) is 10.6 Å². The first-order valence-electron chi connectivity index (χ1n) is 11.8. The van der Waals surface area contributed by atoms with Crippen molar-refractivity contribution in [2.24, 2.45) is 0 Å². The van der Waals surface area contributed by atoms with E-state index in [4.69, 9.17) is 17.0 Å². The van der Waals surface area contributed by atoms with E-state index in [2.05, 4.69) is 15.2 Å². The molecule has 0 aliphatic carbocycles. The lowest BCUT2D eigenvalue weighted by molar-refractivity contribution is -0.138. The molecular weight excluding hydrogens is 489 g/mol. The Kier molecular flexibility index (Phi) is 7.93. The summed E-state index contributed by atoms with van der Waals surface area (Å²) >= 11 is 5.59. The molecular formula is C26H27F3N4O2S. The number of nitrogens with one attached hydrogen (secondary N) is 1. The Balaban J connectivity index is 1.38. The molecule has 0 radical (unpaired) electrons. The Labute approximate surface area is 213 Å². The number of rotatable bonds is 6. The third kappa shape index (κ3) is 6.04. The van der Waals surface area contributed by atoms with Crippen LogP contribution in [-0.4, -0.2) is 45.2 Å². The Bertz CT molecular complexity index is 1220. The van der Waals surface area contributed by atoms with E-state index in [1.165, 1.54) is 12.1 Å². The predicted molar refractivity (Wildman–Crippen MR) is 135 cm³/mol. The van der Waals surface area contributed by atoms with Crippen LogP contribution in [0, 0.1) is 0 Å². The first-order chi connectivity index (χ1) is 17.3. The predicted octanol–water partition coefficient (Wildman–Crippen LogP) is 5.70. The Morgan fingerprint density at radius 3 is 2.64 bits per heavy atom. The van der Waals surface area contributed by atoms with E-state index in [0.29, 0.717) is 36.1 Å². The maximum absolute atomic E-state index is 13.4. The molecule has 1 aromatic heterocycles. The number of hydrogen-bond donors (Lipinski definition) is 1. The number of anilines is 1. The smallest absolute Gasteiger partial charge is 0.416 e. The minimum absolute atomic E-state index is 0.113. The van der Waals surface area contributed by atoms with Crippen molar-refractivity contribution in [3.8, 4) is 0 Å². The number of carbonyl (C=O) groups is 1. The molecule has 2 aromatic carbocycles. The van der Waals surface area contributed by atoms with Gasteiger partial charge in [0.2, 0.25) is 0 Å². The molecule has 36 heavy (non-hydrogen) atoms. The van der Waals surface area contributed by atoms with Crippen molar-refractivity contribution in [2.75, 3.05) is 25.0 Å². The molecule has 3 aromatic rings. The van der Waals surface area contributed by atoms with E-state index in [1.54, 1.807) is 43.6 Å². The summed E-state index contributed by atoms with van der Waals surface area (Å²) in [5, 5.41) is 3.74. The third-order valence-electron chi connectivity index (χ3n) is 6.18. The van der Waals surface area contributed by atoms with E-state index in [-0.39, 0.29) is 24.0 Å². The number of halogens is 3. The van der Waals surface area contributed by atoms with Crippen molar-refractivity contribution in [1.29, 1.82) is 0 Å². The van der Waals surface area contributed by atoms with Crippen LogP contribution in [0.4, 0.5) is 18.9 Å². The van der Waals surface area contributed by atoms with Crippen LogP contribution in [0.2, 0.25) is 0 Å². The van der Waals surface area contributed by atoms with Gasteiger partial charge in [-0.05, 0) is 61.8 Å². The van der Waals surface area contributed by atoms with Gasteiger partial charge in [0.15, 0.2) is 5.11 Å². The molecule has 1 N–H and O–H groups in total. The number of nitrogens with zero attached hydrogens (tertiary/aromatic N) is 3. The Morgan fingerprint density at radius 1 is 1.17 bits per heavy atom. The Hall–Kier alpha value is -3.40.